The molecule has 0 aromatic carbocycles. The fraction of sp³-hybridized carbons (Fsp3) is 0.154. The lowest BCUT2D eigenvalue weighted by atomic mass is 10.4. The molecule has 3 heterocycles. The molecule has 0 bridgehead atoms. The number of nitrogens with zero attached hydrogens (tertiary/aromatic N) is 2. The molecule has 108 valence electrons. The fourth-order valence-corrected chi connectivity index (χ4v) is 4.28. The molecular weight excluding hydrogens is 346 g/mol. The number of halogens is 1. The third-order valence-corrected chi connectivity index (χ3v) is 5.80. The quantitative estimate of drug-likeness (QED) is 0.762. The first-order chi connectivity index (χ1) is 10.1. The first-order valence-corrected chi connectivity index (χ1v) is 8.97. The number of thiazole rings is 2. The zero-order chi connectivity index (χ0) is 14.8. The monoisotopic (exact) mass is 355 g/mol. The third kappa shape index (κ3) is 3.49. The van der Waals surface area contributed by atoms with E-state index >= 15 is 0 Å². The van der Waals surface area contributed by atoms with Crippen molar-refractivity contribution < 1.29 is 4.79 Å². The van der Waals surface area contributed by atoms with Crippen molar-refractivity contribution in [1.29, 1.82) is 0 Å². The summed E-state index contributed by atoms with van der Waals surface area (Å²) < 4.78 is 0.713. The average Bonchev–Trinajstić information content (AvgIpc) is 3.16. The van der Waals surface area contributed by atoms with Gasteiger partial charge in [-0.2, -0.15) is 0 Å². The van der Waals surface area contributed by atoms with Crippen LogP contribution in [0, 0.1) is 6.92 Å². The van der Waals surface area contributed by atoms with E-state index in [-0.39, 0.29) is 5.91 Å². The summed E-state index contributed by atoms with van der Waals surface area (Å²) in [5.41, 5.74) is 1.39. The molecule has 4 nitrogen and oxygen atoms in total. The summed E-state index contributed by atoms with van der Waals surface area (Å²) >= 11 is 10.3. The number of rotatable bonds is 4. The van der Waals surface area contributed by atoms with Crippen molar-refractivity contribution in [3.63, 3.8) is 0 Å². The van der Waals surface area contributed by atoms with Crippen LogP contribution in [-0.2, 0) is 6.54 Å². The molecule has 0 spiro atoms. The number of hydrogen-bond acceptors (Lipinski definition) is 6. The van der Waals surface area contributed by atoms with Crippen LogP contribution in [0.3, 0.4) is 0 Å². The standard InChI is InChI=1S/C13H10ClN3OS3/c1-7-5-19-11(16-7)4-15-12(18)8-6-20-13(17-8)9-2-3-10(14)21-9/h2-3,5-6H,4H2,1H3,(H,15,18). The van der Waals surface area contributed by atoms with Crippen LogP contribution in [0.15, 0.2) is 22.9 Å². The normalized spacial score (nSPS) is 10.8. The number of aryl methyl sites for hydroxylation is 1. The van der Waals surface area contributed by atoms with Crippen molar-refractivity contribution in [2.24, 2.45) is 0 Å². The van der Waals surface area contributed by atoms with Gasteiger partial charge >= 0.3 is 0 Å². The van der Waals surface area contributed by atoms with E-state index < -0.39 is 0 Å². The van der Waals surface area contributed by atoms with Gasteiger partial charge in [0.2, 0.25) is 0 Å². The third-order valence-electron chi connectivity index (χ3n) is 2.59. The molecule has 0 saturated heterocycles. The van der Waals surface area contributed by atoms with Gasteiger partial charge in [-0.3, -0.25) is 4.79 Å². The Hall–Kier alpha value is -1.28. The molecule has 0 aliphatic rings. The van der Waals surface area contributed by atoms with Gasteiger partial charge in [0.1, 0.15) is 15.7 Å². The molecule has 3 aromatic heterocycles. The second-order valence-corrected chi connectivity index (χ2v) is 7.72. The molecule has 0 radical (unpaired) electrons. The lowest BCUT2D eigenvalue weighted by molar-refractivity contribution is 0.0946. The van der Waals surface area contributed by atoms with Crippen LogP contribution in [0.1, 0.15) is 21.2 Å². The smallest absolute Gasteiger partial charge is 0.271 e. The maximum Gasteiger partial charge on any atom is 0.271 e. The van der Waals surface area contributed by atoms with E-state index in [1.807, 2.05) is 24.4 Å². The number of aromatic nitrogens is 2. The highest BCUT2D eigenvalue weighted by molar-refractivity contribution is 7.23. The fourth-order valence-electron chi connectivity index (χ4n) is 1.65. The van der Waals surface area contributed by atoms with E-state index in [0.29, 0.717) is 16.6 Å². The molecular formula is C13H10ClN3OS3. The maximum atomic E-state index is 12.1. The van der Waals surface area contributed by atoms with E-state index in [2.05, 4.69) is 15.3 Å². The van der Waals surface area contributed by atoms with E-state index in [0.717, 1.165) is 20.6 Å². The number of hydrogen-bond donors (Lipinski definition) is 1. The number of thiophene rings is 1. The maximum absolute atomic E-state index is 12.1. The summed E-state index contributed by atoms with van der Waals surface area (Å²) in [7, 11) is 0. The Balaban J connectivity index is 1.66. The molecule has 0 atom stereocenters. The minimum atomic E-state index is -0.187. The van der Waals surface area contributed by atoms with Gasteiger partial charge in [0.25, 0.3) is 5.91 Å². The highest BCUT2D eigenvalue weighted by Crippen LogP contribution is 2.32. The number of carbonyl (C=O) groups excluding carboxylic acids is 1. The Morgan fingerprint density at radius 1 is 1.29 bits per heavy atom. The van der Waals surface area contributed by atoms with Crippen molar-refractivity contribution in [2.75, 3.05) is 0 Å². The Labute approximate surface area is 138 Å². The van der Waals surface area contributed by atoms with Crippen LogP contribution >= 0.6 is 45.6 Å². The van der Waals surface area contributed by atoms with Gasteiger partial charge in [-0.1, -0.05) is 11.6 Å². The zero-order valence-corrected chi connectivity index (χ0v) is 14.1. The van der Waals surface area contributed by atoms with Gasteiger partial charge < -0.3 is 5.32 Å². The zero-order valence-electron chi connectivity index (χ0n) is 10.9. The Morgan fingerprint density at radius 2 is 2.14 bits per heavy atom. The lowest BCUT2D eigenvalue weighted by Crippen LogP contribution is -2.23. The Kier molecular flexibility index (Phi) is 4.34. The minimum absolute atomic E-state index is 0.187. The van der Waals surface area contributed by atoms with Crippen LogP contribution in [0.2, 0.25) is 4.34 Å². The van der Waals surface area contributed by atoms with Crippen LogP contribution < -0.4 is 5.32 Å². The molecule has 8 heteroatoms. The van der Waals surface area contributed by atoms with Gasteiger partial charge in [0.05, 0.1) is 15.8 Å². The summed E-state index contributed by atoms with van der Waals surface area (Å²) in [5.74, 6) is -0.187. The largest absolute Gasteiger partial charge is 0.344 e. The predicted molar refractivity (Wildman–Crippen MR) is 88.5 cm³/mol. The topological polar surface area (TPSA) is 54.9 Å². The SMILES string of the molecule is Cc1csc(CNC(=O)c2csc(-c3ccc(Cl)s3)n2)n1. The van der Waals surface area contributed by atoms with E-state index in [9.17, 15) is 4.79 Å². The van der Waals surface area contributed by atoms with Crippen molar-refractivity contribution in [3.8, 4) is 9.88 Å². The lowest BCUT2D eigenvalue weighted by Gasteiger charge is -1.99. The Bertz CT molecular complexity index is 777. The summed E-state index contributed by atoms with van der Waals surface area (Å²) in [6.45, 7) is 2.36. The van der Waals surface area contributed by atoms with Crippen molar-refractivity contribution in [1.82, 2.24) is 15.3 Å². The minimum Gasteiger partial charge on any atom is -0.344 e. The van der Waals surface area contributed by atoms with Crippen molar-refractivity contribution >= 4 is 51.5 Å². The van der Waals surface area contributed by atoms with Gasteiger partial charge in [-0.25, -0.2) is 9.97 Å². The van der Waals surface area contributed by atoms with Crippen LogP contribution in [0.25, 0.3) is 9.88 Å². The van der Waals surface area contributed by atoms with E-state index in [4.69, 9.17) is 11.6 Å². The highest BCUT2D eigenvalue weighted by Gasteiger charge is 2.13. The van der Waals surface area contributed by atoms with Gasteiger partial charge in [-0.05, 0) is 19.1 Å². The summed E-state index contributed by atoms with van der Waals surface area (Å²) in [4.78, 5) is 21.7. The first kappa shape index (κ1) is 14.6. The predicted octanol–water partition coefficient (Wildman–Crippen LogP) is 4.22. The van der Waals surface area contributed by atoms with Gasteiger partial charge in [0.15, 0.2) is 0 Å². The molecule has 1 N–H and O–H groups in total. The highest BCUT2D eigenvalue weighted by atomic mass is 35.5. The van der Waals surface area contributed by atoms with Gasteiger partial charge in [0, 0.05) is 16.5 Å². The average molecular weight is 356 g/mol. The van der Waals surface area contributed by atoms with Crippen molar-refractivity contribution in [3.05, 3.63) is 43.6 Å². The second-order valence-electron chi connectivity index (χ2n) is 4.21. The molecule has 0 saturated carbocycles. The number of amides is 1. The molecule has 0 unspecified atom stereocenters. The van der Waals surface area contributed by atoms with Crippen LogP contribution in [0.4, 0.5) is 0 Å². The van der Waals surface area contributed by atoms with Crippen molar-refractivity contribution in [2.45, 2.75) is 13.5 Å². The molecule has 1 amide bonds. The summed E-state index contributed by atoms with van der Waals surface area (Å²) in [6.07, 6.45) is 0. The summed E-state index contributed by atoms with van der Waals surface area (Å²) in [6, 6.07) is 3.74. The van der Waals surface area contributed by atoms with E-state index in [1.54, 1.807) is 5.38 Å². The first-order valence-electron chi connectivity index (χ1n) is 6.02. The molecule has 3 aromatic rings. The van der Waals surface area contributed by atoms with Gasteiger partial charge in [-0.15, -0.1) is 34.0 Å². The molecule has 0 aliphatic carbocycles. The summed E-state index contributed by atoms with van der Waals surface area (Å²) in [5, 5.41) is 8.24. The van der Waals surface area contributed by atoms with E-state index in [1.165, 1.54) is 34.0 Å². The number of nitrogens with one attached hydrogen (secondary N) is 1. The van der Waals surface area contributed by atoms with Crippen LogP contribution in [0.5, 0.6) is 0 Å². The molecule has 0 fully saturated rings. The number of carbonyl (C=O) groups is 1. The molecule has 3 rings (SSSR count). The molecule has 0 aliphatic heterocycles. The second kappa shape index (κ2) is 6.23. The van der Waals surface area contributed by atoms with Crippen LogP contribution in [-0.4, -0.2) is 15.9 Å². The molecule has 21 heavy (non-hydrogen) atoms. The Morgan fingerprint density at radius 3 is 2.81 bits per heavy atom.